The third-order valence-electron chi connectivity index (χ3n) is 17.4. The van der Waals surface area contributed by atoms with Crippen LogP contribution in [0.15, 0.2) is 170 Å². The zero-order chi connectivity index (χ0) is 46.5. The summed E-state index contributed by atoms with van der Waals surface area (Å²) >= 11 is 0. The maximum Gasteiger partial charge on any atom is 0.0456 e. The minimum Gasteiger partial charge on any atom is -0.344 e. The van der Waals surface area contributed by atoms with E-state index in [4.69, 9.17) is 0 Å². The molecule has 2 saturated carbocycles. The highest BCUT2D eigenvalue weighted by atomic mass is 15.1. The predicted octanol–water partition coefficient (Wildman–Crippen LogP) is 17.6. The summed E-state index contributed by atoms with van der Waals surface area (Å²) in [6.45, 7) is 4.76. The Kier molecular flexibility index (Phi) is 9.71. The lowest BCUT2D eigenvalue weighted by Crippen LogP contribution is -2.33. The number of benzene rings is 8. The molecule has 0 N–H and O–H groups in total. The third kappa shape index (κ3) is 6.59. The second kappa shape index (κ2) is 16.0. The Labute approximate surface area is 409 Å². The zero-order valence-corrected chi connectivity index (χ0v) is 40.5. The normalized spacial score (nSPS) is 17.6. The summed E-state index contributed by atoms with van der Waals surface area (Å²) < 4.78 is 0. The molecule has 13 rings (SSSR count). The highest BCUT2D eigenvalue weighted by Crippen LogP contribution is 2.58. The molecule has 0 radical (unpaired) electrons. The van der Waals surface area contributed by atoms with Crippen molar-refractivity contribution < 1.29 is 0 Å². The number of hydrogen-bond acceptors (Lipinski definition) is 2. The Morgan fingerprint density at radius 3 is 1.10 bits per heavy atom. The van der Waals surface area contributed by atoms with Crippen molar-refractivity contribution in [3.63, 3.8) is 0 Å². The smallest absolute Gasteiger partial charge is 0.0456 e. The van der Waals surface area contributed by atoms with Crippen LogP contribution < -0.4 is 9.80 Å². The molecule has 0 atom stereocenters. The van der Waals surface area contributed by atoms with E-state index in [1.54, 1.807) is 0 Å². The molecule has 0 bridgehead atoms. The molecule has 0 amide bonds. The van der Waals surface area contributed by atoms with Crippen LogP contribution in [0.4, 0.5) is 22.7 Å². The summed E-state index contributed by atoms with van der Waals surface area (Å²) in [6.07, 6.45) is 19.2. The molecule has 8 aromatic carbocycles. The van der Waals surface area contributed by atoms with Gasteiger partial charge in [0.25, 0.3) is 0 Å². The van der Waals surface area contributed by atoms with Crippen LogP contribution in [0.3, 0.4) is 0 Å². The second-order valence-corrected chi connectivity index (χ2v) is 21.3. The van der Waals surface area contributed by atoms with Gasteiger partial charge in [0.1, 0.15) is 0 Å². The lowest BCUT2D eigenvalue weighted by molar-refractivity contribution is 0.529. The average Bonchev–Trinajstić information content (AvgIpc) is 4.15. The van der Waals surface area contributed by atoms with Crippen molar-refractivity contribution in [3.8, 4) is 33.4 Å². The largest absolute Gasteiger partial charge is 0.344 e. The Morgan fingerprint density at radius 1 is 0.333 bits per heavy atom. The molecule has 2 spiro atoms. The van der Waals surface area contributed by atoms with Crippen LogP contribution in [0.25, 0.3) is 57.7 Å². The van der Waals surface area contributed by atoms with Gasteiger partial charge >= 0.3 is 0 Å². The average molecular weight is 893 g/mol. The molecule has 69 heavy (non-hydrogen) atoms. The van der Waals surface area contributed by atoms with Gasteiger partial charge in [0, 0.05) is 53.1 Å². The van der Waals surface area contributed by atoms with Crippen LogP contribution in [0.2, 0.25) is 0 Å². The lowest BCUT2D eigenvalue weighted by Gasteiger charge is -2.42. The van der Waals surface area contributed by atoms with Gasteiger partial charge in [-0.25, -0.2) is 0 Å². The molecule has 3 aliphatic carbocycles. The maximum atomic E-state index is 2.43. The van der Waals surface area contributed by atoms with E-state index in [-0.39, 0.29) is 16.2 Å². The molecule has 5 aliphatic rings. The SMILES string of the molecule is CN1c2ccccc2C2(CCCC2)c2ccc(-c3ccc(/C=C/c4ccc5c(c4)C(C)(C)c4cc(/C=C/c6ccc(-c7ccc8c(c7)N(C)c7ccccc7C87CCCC7)cc6)ccc4-5)cc3)cc21. The Balaban J connectivity index is 0.699. The van der Waals surface area contributed by atoms with E-state index in [0.717, 1.165) is 0 Å². The van der Waals surface area contributed by atoms with Crippen molar-refractivity contribution >= 4 is 47.1 Å². The van der Waals surface area contributed by atoms with Crippen LogP contribution in [0.1, 0.15) is 121 Å². The van der Waals surface area contributed by atoms with Gasteiger partial charge in [-0.3, -0.25) is 0 Å². The van der Waals surface area contributed by atoms with E-state index in [9.17, 15) is 0 Å². The second-order valence-electron chi connectivity index (χ2n) is 21.3. The quantitative estimate of drug-likeness (QED) is 0.154. The van der Waals surface area contributed by atoms with Crippen LogP contribution in [-0.4, -0.2) is 14.1 Å². The molecule has 2 heteroatoms. The van der Waals surface area contributed by atoms with E-state index < -0.39 is 0 Å². The number of para-hydroxylation sites is 2. The van der Waals surface area contributed by atoms with Crippen molar-refractivity contribution in [3.05, 3.63) is 225 Å². The third-order valence-corrected chi connectivity index (χ3v) is 17.4. The number of anilines is 4. The highest BCUT2D eigenvalue weighted by molar-refractivity contribution is 5.87. The molecule has 8 aromatic rings. The molecule has 2 heterocycles. The topological polar surface area (TPSA) is 6.48 Å². The molecule has 2 fully saturated rings. The fourth-order valence-corrected chi connectivity index (χ4v) is 13.7. The van der Waals surface area contributed by atoms with Crippen molar-refractivity contribution in [2.24, 2.45) is 0 Å². The summed E-state index contributed by atoms with van der Waals surface area (Å²) in [5.41, 5.74) is 27.0. The number of nitrogens with zero attached hydrogens (tertiary/aromatic N) is 2. The summed E-state index contributed by atoms with van der Waals surface area (Å²) in [4.78, 5) is 4.83. The summed E-state index contributed by atoms with van der Waals surface area (Å²) in [5, 5.41) is 0. The Morgan fingerprint density at radius 2 is 0.681 bits per heavy atom. The van der Waals surface area contributed by atoms with Gasteiger partial charge in [-0.15, -0.1) is 0 Å². The van der Waals surface area contributed by atoms with E-state index in [2.05, 4.69) is 232 Å². The van der Waals surface area contributed by atoms with E-state index in [1.165, 1.54) is 163 Å². The number of rotatable bonds is 6. The van der Waals surface area contributed by atoms with Crippen molar-refractivity contribution in [1.29, 1.82) is 0 Å². The Bertz CT molecular complexity index is 3160. The number of fused-ring (bicyclic) bond motifs is 11. The molecule has 338 valence electrons. The molecular weight excluding hydrogens is 833 g/mol. The predicted molar refractivity (Wildman–Crippen MR) is 293 cm³/mol. The van der Waals surface area contributed by atoms with Gasteiger partial charge in [-0.05, 0) is 139 Å². The van der Waals surface area contributed by atoms with Gasteiger partial charge in [0.15, 0.2) is 0 Å². The fraction of sp³-hybridized carbons (Fsp3) is 0.224. The summed E-state index contributed by atoms with van der Waals surface area (Å²) in [7, 11) is 4.48. The first-order valence-corrected chi connectivity index (χ1v) is 25.5. The molecular formula is C67H60N2. The standard InChI is InChI=1S/C67H60N2/c1-65(2)59-41-47(19-17-45-21-27-49(28-22-45)51-31-35-57-63(43-51)68(3)61-15-7-5-13-55(61)66(57)37-9-10-38-66)25-33-53(59)54-34-26-48(42-60(54)65)20-18-46-23-29-50(30-24-46)52-32-36-58-64(44-52)69(4)62-16-8-6-14-56(62)67(58)39-11-12-40-67/h5-8,13-36,41-44H,9-12,37-40H2,1-4H3/b19-17+,20-18+. The first kappa shape index (κ1) is 42.0. The van der Waals surface area contributed by atoms with Crippen LogP contribution in [-0.2, 0) is 16.2 Å². The van der Waals surface area contributed by atoms with E-state index >= 15 is 0 Å². The van der Waals surface area contributed by atoms with Crippen molar-refractivity contribution in [2.75, 3.05) is 23.9 Å². The monoisotopic (exact) mass is 892 g/mol. The molecule has 0 aromatic heterocycles. The molecule has 0 unspecified atom stereocenters. The van der Waals surface area contributed by atoms with E-state index in [0.29, 0.717) is 0 Å². The molecule has 0 saturated heterocycles. The number of hydrogen-bond donors (Lipinski definition) is 0. The highest BCUT2D eigenvalue weighted by Gasteiger charge is 2.46. The van der Waals surface area contributed by atoms with Gasteiger partial charge in [-0.2, -0.15) is 0 Å². The van der Waals surface area contributed by atoms with Gasteiger partial charge in [0.05, 0.1) is 0 Å². The van der Waals surface area contributed by atoms with Gasteiger partial charge < -0.3 is 9.80 Å². The van der Waals surface area contributed by atoms with Crippen LogP contribution >= 0.6 is 0 Å². The summed E-state index contributed by atoms with van der Waals surface area (Å²) in [5.74, 6) is 0. The van der Waals surface area contributed by atoms with Gasteiger partial charge in [0.2, 0.25) is 0 Å². The van der Waals surface area contributed by atoms with Crippen molar-refractivity contribution in [1.82, 2.24) is 0 Å². The molecule has 2 aliphatic heterocycles. The zero-order valence-electron chi connectivity index (χ0n) is 40.5. The van der Waals surface area contributed by atoms with Gasteiger partial charge in [-0.1, -0.05) is 209 Å². The Hall–Kier alpha value is -7.16. The lowest BCUT2D eigenvalue weighted by atomic mass is 9.69. The van der Waals surface area contributed by atoms with Crippen LogP contribution in [0, 0.1) is 0 Å². The van der Waals surface area contributed by atoms with Crippen LogP contribution in [0.5, 0.6) is 0 Å². The minimum atomic E-state index is -0.105. The first-order valence-electron chi connectivity index (χ1n) is 25.5. The molecule has 2 nitrogen and oxygen atoms in total. The minimum absolute atomic E-state index is 0.105. The van der Waals surface area contributed by atoms with E-state index in [1.807, 2.05) is 0 Å². The summed E-state index contributed by atoms with van der Waals surface area (Å²) in [6, 6.07) is 64.8. The first-order chi connectivity index (χ1) is 33.7. The fourth-order valence-electron chi connectivity index (χ4n) is 13.7. The van der Waals surface area contributed by atoms with Crippen molar-refractivity contribution in [2.45, 2.75) is 81.5 Å². The maximum absolute atomic E-state index is 2.43.